The Morgan fingerprint density at radius 3 is 2.45 bits per heavy atom. The maximum Gasteiger partial charge on any atom is 0.341 e. The highest BCUT2D eigenvalue weighted by atomic mass is 16.5. The molecule has 0 aliphatic heterocycles. The molecule has 1 aromatic carbocycles. The van der Waals surface area contributed by atoms with Crippen molar-refractivity contribution in [3.05, 3.63) is 60.4 Å². The van der Waals surface area contributed by atoms with Crippen LogP contribution in [0.4, 0.5) is 5.69 Å². The van der Waals surface area contributed by atoms with Crippen molar-refractivity contribution in [3.63, 3.8) is 0 Å². The van der Waals surface area contributed by atoms with Crippen LogP contribution < -0.4 is 0 Å². The van der Waals surface area contributed by atoms with Gasteiger partial charge in [0, 0.05) is 18.0 Å². The SMILES string of the molecule is CCOC(=O)[C@H](N=Nc1ccccc1)C(=O)c1ccncc1. The number of pyridine rings is 1. The smallest absolute Gasteiger partial charge is 0.341 e. The van der Waals surface area contributed by atoms with Gasteiger partial charge >= 0.3 is 5.97 Å². The molecular formula is C16H15N3O3. The molecule has 0 fully saturated rings. The fraction of sp³-hybridized carbons (Fsp3) is 0.188. The van der Waals surface area contributed by atoms with Crippen LogP contribution in [0.5, 0.6) is 0 Å². The van der Waals surface area contributed by atoms with Gasteiger partial charge in [0.1, 0.15) is 0 Å². The number of carbonyl (C=O) groups is 2. The fourth-order valence-corrected chi connectivity index (χ4v) is 1.72. The third kappa shape index (κ3) is 4.05. The summed E-state index contributed by atoms with van der Waals surface area (Å²) in [5.41, 5.74) is 0.888. The minimum absolute atomic E-state index is 0.166. The number of azo groups is 1. The summed E-state index contributed by atoms with van der Waals surface area (Å²) in [7, 11) is 0. The Labute approximate surface area is 127 Å². The number of benzene rings is 1. The van der Waals surface area contributed by atoms with E-state index >= 15 is 0 Å². The summed E-state index contributed by atoms with van der Waals surface area (Å²) in [5.74, 6) is -1.19. The Morgan fingerprint density at radius 2 is 1.82 bits per heavy atom. The molecule has 112 valence electrons. The van der Waals surface area contributed by atoms with Crippen molar-refractivity contribution in [2.24, 2.45) is 10.2 Å². The highest BCUT2D eigenvalue weighted by Gasteiger charge is 2.29. The quantitative estimate of drug-likeness (QED) is 0.355. The Bertz CT molecular complexity index is 657. The van der Waals surface area contributed by atoms with E-state index in [2.05, 4.69) is 15.2 Å². The predicted octanol–water partition coefficient (Wildman–Crippen LogP) is 2.98. The van der Waals surface area contributed by atoms with Gasteiger partial charge in [-0.1, -0.05) is 18.2 Å². The van der Waals surface area contributed by atoms with Gasteiger partial charge in [0.2, 0.25) is 11.8 Å². The van der Waals surface area contributed by atoms with Crippen LogP contribution in [0.15, 0.2) is 65.1 Å². The Kier molecular flexibility index (Phi) is 5.48. The van der Waals surface area contributed by atoms with Crippen molar-refractivity contribution in [2.75, 3.05) is 6.61 Å². The molecule has 0 amide bonds. The van der Waals surface area contributed by atoms with Gasteiger partial charge < -0.3 is 4.74 Å². The number of carbonyl (C=O) groups excluding carboxylic acids is 2. The van der Waals surface area contributed by atoms with Crippen molar-refractivity contribution >= 4 is 17.4 Å². The van der Waals surface area contributed by atoms with Crippen LogP contribution in [0.1, 0.15) is 17.3 Å². The van der Waals surface area contributed by atoms with E-state index in [0.717, 1.165) is 0 Å². The van der Waals surface area contributed by atoms with Gasteiger partial charge in [-0.3, -0.25) is 9.78 Å². The van der Waals surface area contributed by atoms with Crippen molar-refractivity contribution in [3.8, 4) is 0 Å². The lowest BCUT2D eigenvalue weighted by Crippen LogP contribution is -2.30. The molecule has 0 bridgehead atoms. The standard InChI is InChI=1S/C16H15N3O3/c1-2-22-16(21)14(15(20)12-8-10-17-11-9-12)19-18-13-6-4-3-5-7-13/h3-11,14H,2H2,1H3/t14-/m1/s1. The molecule has 0 aliphatic carbocycles. The number of ether oxygens (including phenoxy) is 1. The first-order chi connectivity index (χ1) is 10.7. The van der Waals surface area contributed by atoms with E-state index in [1.165, 1.54) is 24.5 Å². The van der Waals surface area contributed by atoms with Crippen molar-refractivity contribution in [1.29, 1.82) is 0 Å². The number of rotatable bonds is 6. The second-order valence-corrected chi connectivity index (χ2v) is 4.31. The summed E-state index contributed by atoms with van der Waals surface area (Å²) in [6.07, 6.45) is 2.95. The number of Topliss-reactive ketones (excluding diaryl/α,β-unsaturated/α-hetero) is 1. The first-order valence-corrected chi connectivity index (χ1v) is 6.79. The molecule has 1 aromatic heterocycles. The highest BCUT2D eigenvalue weighted by Crippen LogP contribution is 2.14. The van der Waals surface area contributed by atoms with Crippen molar-refractivity contribution < 1.29 is 14.3 Å². The van der Waals surface area contributed by atoms with Crippen molar-refractivity contribution in [2.45, 2.75) is 13.0 Å². The molecule has 6 heteroatoms. The molecule has 0 unspecified atom stereocenters. The predicted molar refractivity (Wildman–Crippen MR) is 79.9 cm³/mol. The molecule has 0 spiro atoms. The maximum absolute atomic E-state index is 12.4. The molecule has 1 atom stereocenters. The van der Waals surface area contributed by atoms with E-state index < -0.39 is 17.8 Å². The van der Waals surface area contributed by atoms with Gasteiger partial charge in [0.15, 0.2) is 0 Å². The number of aromatic nitrogens is 1. The largest absolute Gasteiger partial charge is 0.464 e. The van der Waals surface area contributed by atoms with Gasteiger partial charge in [0.05, 0.1) is 12.3 Å². The summed E-state index contributed by atoms with van der Waals surface area (Å²) in [5, 5.41) is 7.81. The Balaban J connectivity index is 2.25. The second-order valence-electron chi connectivity index (χ2n) is 4.31. The first-order valence-electron chi connectivity index (χ1n) is 6.79. The van der Waals surface area contributed by atoms with E-state index in [-0.39, 0.29) is 6.61 Å². The normalized spacial score (nSPS) is 12.0. The van der Waals surface area contributed by atoms with Gasteiger partial charge in [0.25, 0.3) is 0 Å². The average Bonchev–Trinajstić information content (AvgIpc) is 2.57. The van der Waals surface area contributed by atoms with E-state index in [0.29, 0.717) is 11.3 Å². The summed E-state index contributed by atoms with van der Waals surface area (Å²) in [4.78, 5) is 28.2. The minimum atomic E-state index is -1.32. The fourth-order valence-electron chi connectivity index (χ4n) is 1.72. The van der Waals surface area contributed by atoms with Crippen LogP contribution in [0.3, 0.4) is 0 Å². The van der Waals surface area contributed by atoms with Crippen LogP contribution in [0.2, 0.25) is 0 Å². The monoisotopic (exact) mass is 297 g/mol. The van der Waals surface area contributed by atoms with Crippen LogP contribution in [-0.4, -0.2) is 29.4 Å². The molecule has 0 saturated carbocycles. The van der Waals surface area contributed by atoms with Crippen LogP contribution in [-0.2, 0) is 9.53 Å². The Hall–Kier alpha value is -2.89. The van der Waals surface area contributed by atoms with Crippen LogP contribution in [0.25, 0.3) is 0 Å². The Morgan fingerprint density at radius 1 is 1.14 bits per heavy atom. The molecule has 0 saturated heterocycles. The zero-order chi connectivity index (χ0) is 15.8. The van der Waals surface area contributed by atoms with Crippen molar-refractivity contribution in [1.82, 2.24) is 4.98 Å². The van der Waals surface area contributed by atoms with Gasteiger partial charge in [-0.2, -0.15) is 10.2 Å². The molecule has 2 aromatic rings. The number of nitrogens with zero attached hydrogens (tertiary/aromatic N) is 3. The van der Waals surface area contributed by atoms with E-state index in [9.17, 15) is 9.59 Å². The maximum atomic E-state index is 12.4. The van der Waals surface area contributed by atoms with E-state index in [1.54, 1.807) is 31.2 Å². The number of hydrogen-bond donors (Lipinski definition) is 0. The lowest BCUT2D eigenvalue weighted by molar-refractivity contribution is -0.143. The lowest BCUT2D eigenvalue weighted by Gasteiger charge is -2.09. The zero-order valence-corrected chi connectivity index (χ0v) is 12.0. The second kappa shape index (κ2) is 7.78. The summed E-state index contributed by atoms with van der Waals surface area (Å²) < 4.78 is 4.91. The lowest BCUT2D eigenvalue weighted by atomic mass is 10.1. The summed E-state index contributed by atoms with van der Waals surface area (Å²) in [6, 6.07) is 10.6. The number of esters is 1. The van der Waals surface area contributed by atoms with Gasteiger partial charge in [-0.25, -0.2) is 4.79 Å². The molecule has 2 rings (SSSR count). The molecule has 6 nitrogen and oxygen atoms in total. The summed E-state index contributed by atoms with van der Waals surface area (Å²) in [6.45, 7) is 1.83. The zero-order valence-electron chi connectivity index (χ0n) is 12.0. The summed E-state index contributed by atoms with van der Waals surface area (Å²) >= 11 is 0. The molecule has 0 aliphatic rings. The van der Waals surface area contributed by atoms with Crippen LogP contribution >= 0.6 is 0 Å². The number of hydrogen-bond acceptors (Lipinski definition) is 6. The molecule has 0 N–H and O–H groups in total. The molecule has 1 heterocycles. The molecule has 0 radical (unpaired) electrons. The van der Waals surface area contributed by atoms with Gasteiger partial charge in [-0.05, 0) is 31.2 Å². The highest BCUT2D eigenvalue weighted by molar-refractivity contribution is 6.12. The first kappa shape index (κ1) is 15.5. The van der Waals surface area contributed by atoms with E-state index in [1.807, 2.05) is 6.07 Å². The third-order valence-electron chi connectivity index (χ3n) is 2.77. The van der Waals surface area contributed by atoms with Crippen LogP contribution in [0, 0.1) is 0 Å². The minimum Gasteiger partial charge on any atom is -0.464 e. The van der Waals surface area contributed by atoms with E-state index in [4.69, 9.17) is 4.74 Å². The van der Waals surface area contributed by atoms with Gasteiger partial charge in [-0.15, -0.1) is 0 Å². The third-order valence-corrected chi connectivity index (χ3v) is 2.77. The molecule has 22 heavy (non-hydrogen) atoms. The average molecular weight is 297 g/mol. The topological polar surface area (TPSA) is 81.0 Å². The molecular weight excluding hydrogens is 282 g/mol. The number of ketones is 1.